The van der Waals surface area contributed by atoms with Gasteiger partial charge in [0.1, 0.15) is 0 Å². The summed E-state index contributed by atoms with van der Waals surface area (Å²) < 4.78 is 1.97. The Morgan fingerprint density at radius 2 is 1.93 bits per heavy atom. The Morgan fingerprint density at radius 1 is 1.21 bits per heavy atom. The van der Waals surface area contributed by atoms with Gasteiger partial charge in [-0.25, -0.2) is 4.98 Å². The lowest BCUT2D eigenvalue weighted by molar-refractivity contribution is 1.34. The van der Waals surface area contributed by atoms with Crippen molar-refractivity contribution in [1.82, 2.24) is 4.98 Å². The van der Waals surface area contributed by atoms with Crippen molar-refractivity contribution in [3.63, 3.8) is 0 Å². The number of hydrogen-bond acceptors (Lipinski definition) is 2. The molecule has 0 saturated carbocycles. The molecule has 72 valence electrons. The van der Waals surface area contributed by atoms with Crippen molar-refractivity contribution < 1.29 is 0 Å². The van der Waals surface area contributed by atoms with Crippen molar-refractivity contribution >= 4 is 43.2 Å². The summed E-state index contributed by atoms with van der Waals surface area (Å²) in [6.07, 6.45) is 0. The summed E-state index contributed by atoms with van der Waals surface area (Å²) in [7, 11) is 0. The highest BCUT2D eigenvalue weighted by molar-refractivity contribution is 9.12. The monoisotopic (exact) mass is 331 g/mol. The zero-order valence-electron chi connectivity index (χ0n) is 7.42. The predicted octanol–water partition coefficient (Wildman–Crippen LogP) is 4.64. The van der Waals surface area contributed by atoms with E-state index in [0.29, 0.717) is 0 Å². The van der Waals surface area contributed by atoms with Crippen molar-refractivity contribution in [2.24, 2.45) is 0 Å². The van der Waals surface area contributed by atoms with E-state index in [1.165, 1.54) is 11.1 Å². The maximum absolute atomic E-state index is 4.43. The normalized spacial score (nSPS) is 10.5. The first-order valence-corrected chi connectivity index (χ1v) is 6.46. The van der Waals surface area contributed by atoms with Crippen LogP contribution in [0.1, 0.15) is 5.56 Å². The molecule has 0 N–H and O–H groups in total. The SMILES string of the molecule is Cc1ccccc1-c1nc(Br)sc1Br. The number of nitrogens with zero attached hydrogens (tertiary/aromatic N) is 1. The van der Waals surface area contributed by atoms with Gasteiger partial charge in [0.15, 0.2) is 3.92 Å². The molecule has 0 aliphatic heterocycles. The van der Waals surface area contributed by atoms with Crippen LogP contribution in [0.3, 0.4) is 0 Å². The standard InChI is InChI=1S/C10H7Br2NS/c1-6-4-2-3-5-7(6)8-9(11)14-10(12)13-8/h2-5H,1H3. The lowest BCUT2D eigenvalue weighted by Crippen LogP contribution is -1.82. The van der Waals surface area contributed by atoms with Crippen LogP contribution in [0.25, 0.3) is 11.3 Å². The Bertz CT molecular complexity index is 465. The zero-order valence-corrected chi connectivity index (χ0v) is 11.4. The molecular weight excluding hydrogens is 326 g/mol. The maximum Gasteiger partial charge on any atom is 0.160 e. The van der Waals surface area contributed by atoms with E-state index in [1.54, 1.807) is 11.3 Å². The van der Waals surface area contributed by atoms with Gasteiger partial charge in [0.2, 0.25) is 0 Å². The van der Waals surface area contributed by atoms with Crippen LogP contribution in [-0.2, 0) is 0 Å². The van der Waals surface area contributed by atoms with Gasteiger partial charge in [-0.3, -0.25) is 0 Å². The molecule has 0 radical (unpaired) electrons. The molecule has 1 aromatic heterocycles. The summed E-state index contributed by atoms with van der Waals surface area (Å²) in [5.41, 5.74) is 3.44. The average molecular weight is 333 g/mol. The summed E-state index contributed by atoms with van der Waals surface area (Å²) in [6, 6.07) is 8.24. The van der Waals surface area contributed by atoms with Crippen molar-refractivity contribution in [2.45, 2.75) is 6.92 Å². The van der Waals surface area contributed by atoms with Crippen LogP contribution in [0.4, 0.5) is 0 Å². The Kier molecular flexibility index (Phi) is 3.04. The lowest BCUT2D eigenvalue weighted by atomic mass is 10.1. The minimum absolute atomic E-state index is 0.905. The van der Waals surface area contributed by atoms with Crippen LogP contribution < -0.4 is 0 Å². The third-order valence-electron chi connectivity index (χ3n) is 1.96. The number of benzene rings is 1. The number of halogens is 2. The Labute approximate surface area is 103 Å². The number of hydrogen-bond donors (Lipinski definition) is 0. The highest BCUT2D eigenvalue weighted by atomic mass is 79.9. The summed E-state index contributed by atoms with van der Waals surface area (Å²) in [5.74, 6) is 0. The van der Waals surface area contributed by atoms with Crippen LogP contribution in [0.15, 0.2) is 32.0 Å². The van der Waals surface area contributed by atoms with E-state index >= 15 is 0 Å². The van der Waals surface area contributed by atoms with Crippen LogP contribution >= 0.6 is 43.2 Å². The van der Waals surface area contributed by atoms with E-state index in [4.69, 9.17) is 0 Å². The van der Waals surface area contributed by atoms with Crippen LogP contribution in [-0.4, -0.2) is 4.98 Å². The molecule has 1 nitrogen and oxygen atoms in total. The Balaban J connectivity index is 2.60. The second kappa shape index (κ2) is 4.13. The van der Waals surface area contributed by atoms with Crippen LogP contribution in [0, 0.1) is 6.92 Å². The quantitative estimate of drug-likeness (QED) is 0.741. The van der Waals surface area contributed by atoms with Gasteiger partial charge in [0.25, 0.3) is 0 Å². The fourth-order valence-electron chi connectivity index (χ4n) is 1.28. The second-order valence-electron chi connectivity index (χ2n) is 2.90. The van der Waals surface area contributed by atoms with Gasteiger partial charge >= 0.3 is 0 Å². The number of aryl methyl sites for hydroxylation is 1. The molecule has 0 aliphatic rings. The molecule has 0 unspecified atom stereocenters. The van der Waals surface area contributed by atoms with E-state index in [-0.39, 0.29) is 0 Å². The highest BCUT2D eigenvalue weighted by Crippen LogP contribution is 2.36. The molecule has 0 atom stereocenters. The summed E-state index contributed by atoms with van der Waals surface area (Å²) >= 11 is 8.49. The molecule has 0 spiro atoms. The first kappa shape index (κ1) is 10.3. The first-order chi connectivity index (χ1) is 6.68. The van der Waals surface area contributed by atoms with E-state index in [9.17, 15) is 0 Å². The maximum atomic E-state index is 4.43. The topological polar surface area (TPSA) is 12.9 Å². The third-order valence-corrected chi connectivity index (χ3v) is 4.12. The molecule has 0 amide bonds. The van der Waals surface area contributed by atoms with Gasteiger partial charge in [-0.1, -0.05) is 35.6 Å². The predicted molar refractivity (Wildman–Crippen MR) is 67.7 cm³/mol. The summed E-state index contributed by atoms with van der Waals surface area (Å²) in [4.78, 5) is 4.43. The van der Waals surface area contributed by atoms with Gasteiger partial charge < -0.3 is 0 Å². The van der Waals surface area contributed by atoms with Gasteiger partial charge in [0.05, 0.1) is 9.48 Å². The zero-order chi connectivity index (χ0) is 10.1. The molecule has 1 heterocycles. The number of rotatable bonds is 1. The second-order valence-corrected chi connectivity index (χ2v) is 6.50. The minimum atomic E-state index is 0.905. The molecule has 0 saturated heterocycles. The molecular formula is C10H7Br2NS. The third kappa shape index (κ3) is 1.92. The van der Waals surface area contributed by atoms with E-state index in [2.05, 4.69) is 55.9 Å². The molecule has 0 aliphatic carbocycles. The molecule has 14 heavy (non-hydrogen) atoms. The van der Waals surface area contributed by atoms with Gasteiger partial charge in [-0.15, -0.1) is 0 Å². The van der Waals surface area contributed by atoms with Gasteiger partial charge in [-0.2, -0.15) is 0 Å². The molecule has 1 aromatic carbocycles. The minimum Gasteiger partial charge on any atom is -0.228 e. The Hall–Kier alpha value is -0.190. The molecule has 2 rings (SSSR count). The van der Waals surface area contributed by atoms with Crippen molar-refractivity contribution in [3.8, 4) is 11.3 Å². The molecule has 0 fully saturated rings. The number of thiazole rings is 1. The summed E-state index contributed by atoms with van der Waals surface area (Å²) in [6.45, 7) is 2.09. The smallest absolute Gasteiger partial charge is 0.160 e. The van der Waals surface area contributed by atoms with Gasteiger partial charge in [0, 0.05) is 5.56 Å². The molecule has 0 bridgehead atoms. The molecule has 2 aromatic rings. The number of aromatic nitrogens is 1. The average Bonchev–Trinajstić information content (AvgIpc) is 2.46. The fraction of sp³-hybridized carbons (Fsp3) is 0.100. The lowest BCUT2D eigenvalue weighted by Gasteiger charge is -2.01. The fourth-order valence-corrected chi connectivity index (χ4v) is 3.90. The van der Waals surface area contributed by atoms with Crippen LogP contribution in [0.2, 0.25) is 0 Å². The summed E-state index contributed by atoms with van der Waals surface area (Å²) in [5, 5.41) is 0. The van der Waals surface area contributed by atoms with Crippen molar-refractivity contribution in [3.05, 3.63) is 37.5 Å². The first-order valence-electron chi connectivity index (χ1n) is 4.06. The largest absolute Gasteiger partial charge is 0.228 e. The van der Waals surface area contributed by atoms with Crippen molar-refractivity contribution in [1.29, 1.82) is 0 Å². The molecule has 4 heteroatoms. The van der Waals surface area contributed by atoms with E-state index < -0.39 is 0 Å². The van der Waals surface area contributed by atoms with Gasteiger partial charge in [-0.05, 0) is 44.3 Å². The van der Waals surface area contributed by atoms with E-state index in [0.717, 1.165) is 13.4 Å². The van der Waals surface area contributed by atoms with Crippen LogP contribution in [0.5, 0.6) is 0 Å². The van der Waals surface area contributed by atoms with E-state index in [1.807, 2.05) is 12.1 Å². The highest BCUT2D eigenvalue weighted by Gasteiger charge is 2.10. The van der Waals surface area contributed by atoms with Crippen molar-refractivity contribution in [2.75, 3.05) is 0 Å². The Morgan fingerprint density at radius 3 is 2.50 bits per heavy atom.